The molecule has 0 amide bonds. The largest absolute Gasteiger partial charge is 0.398 e. The number of rotatable bonds is 1. The van der Waals surface area contributed by atoms with Crippen molar-refractivity contribution in [1.29, 1.82) is 0 Å². The lowest BCUT2D eigenvalue weighted by molar-refractivity contribution is 1.02. The van der Waals surface area contributed by atoms with Gasteiger partial charge < -0.3 is 16.5 Å². The van der Waals surface area contributed by atoms with Crippen molar-refractivity contribution in [3.8, 4) is 0 Å². The first-order chi connectivity index (χ1) is 5.52. The summed E-state index contributed by atoms with van der Waals surface area (Å²) in [6.07, 6.45) is 0. The SMILES string of the molecule is Cc1cc(N(C)N)c(N)cc1N. The van der Waals surface area contributed by atoms with Crippen molar-refractivity contribution in [2.45, 2.75) is 6.92 Å². The van der Waals surface area contributed by atoms with E-state index in [0.717, 1.165) is 11.3 Å². The average molecular weight is 166 g/mol. The fourth-order valence-corrected chi connectivity index (χ4v) is 1.03. The molecule has 6 N–H and O–H groups in total. The molecule has 1 aromatic carbocycles. The van der Waals surface area contributed by atoms with Crippen LogP contribution in [0.3, 0.4) is 0 Å². The van der Waals surface area contributed by atoms with Gasteiger partial charge >= 0.3 is 0 Å². The zero-order valence-electron chi connectivity index (χ0n) is 7.33. The number of hydrogen-bond acceptors (Lipinski definition) is 4. The minimum atomic E-state index is 0.600. The van der Waals surface area contributed by atoms with Crippen LogP contribution in [0.4, 0.5) is 17.1 Å². The standard InChI is InChI=1S/C8H14N4/c1-5-3-8(12(2)11)7(10)4-6(5)9/h3-4H,9-11H2,1-2H3. The molecule has 0 radical (unpaired) electrons. The van der Waals surface area contributed by atoms with Crippen molar-refractivity contribution < 1.29 is 0 Å². The Kier molecular flexibility index (Phi) is 2.10. The maximum atomic E-state index is 5.69. The second-order valence-electron chi connectivity index (χ2n) is 2.88. The Labute approximate surface area is 71.9 Å². The van der Waals surface area contributed by atoms with E-state index in [0.29, 0.717) is 11.4 Å². The summed E-state index contributed by atoms with van der Waals surface area (Å²) >= 11 is 0. The fraction of sp³-hybridized carbons (Fsp3) is 0.250. The van der Waals surface area contributed by atoms with Crippen LogP contribution in [0, 0.1) is 6.92 Å². The molecule has 0 unspecified atom stereocenters. The Hall–Kier alpha value is -1.42. The van der Waals surface area contributed by atoms with Crippen LogP contribution in [0.2, 0.25) is 0 Å². The molecular formula is C8H14N4. The predicted molar refractivity (Wildman–Crippen MR) is 52.6 cm³/mol. The summed E-state index contributed by atoms with van der Waals surface area (Å²) in [6, 6.07) is 3.58. The van der Waals surface area contributed by atoms with Crippen LogP contribution >= 0.6 is 0 Å². The molecule has 0 saturated heterocycles. The van der Waals surface area contributed by atoms with Gasteiger partial charge in [-0.25, -0.2) is 5.84 Å². The minimum absolute atomic E-state index is 0.600. The lowest BCUT2D eigenvalue weighted by Gasteiger charge is -2.16. The molecule has 4 nitrogen and oxygen atoms in total. The maximum Gasteiger partial charge on any atom is 0.0747 e. The van der Waals surface area contributed by atoms with E-state index in [1.54, 1.807) is 13.1 Å². The molecule has 0 fully saturated rings. The summed E-state index contributed by atoms with van der Waals surface area (Å²) in [5.41, 5.74) is 14.4. The molecule has 0 atom stereocenters. The van der Waals surface area contributed by atoms with Crippen molar-refractivity contribution in [3.63, 3.8) is 0 Å². The second kappa shape index (κ2) is 2.91. The van der Waals surface area contributed by atoms with Gasteiger partial charge in [0.15, 0.2) is 0 Å². The molecule has 0 heterocycles. The van der Waals surface area contributed by atoms with Gasteiger partial charge in [0.2, 0.25) is 0 Å². The molecule has 0 aromatic heterocycles. The summed E-state index contributed by atoms with van der Waals surface area (Å²) in [7, 11) is 1.74. The van der Waals surface area contributed by atoms with Gasteiger partial charge in [0, 0.05) is 12.7 Å². The highest BCUT2D eigenvalue weighted by molar-refractivity contribution is 5.73. The number of nitrogens with two attached hydrogens (primary N) is 3. The van der Waals surface area contributed by atoms with Crippen molar-refractivity contribution in [3.05, 3.63) is 17.7 Å². The Morgan fingerprint density at radius 3 is 2.25 bits per heavy atom. The first-order valence-corrected chi connectivity index (χ1v) is 3.66. The molecule has 0 aliphatic heterocycles. The first kappa shape index (κ1) is 8.67. The maximum absolute atomic E-state index is 5.69. The number of nitrogens with zero attached hydrogens (tertiary/aromatic N) is 1. The highest BCUT2D eigenvalue weighted by Crippen LogP contribution is 2.25. The molecule has 4 heteroatoms. The minimum Gasteiger partial charge on any atom is -0.398 e. The Balaban J connectivity index is 3.23. The molecule has 12 heavy (non-hydrogen) atoms. The number of aryl methyl sites for hydroxylation is 1. The van der Waals surface area contributed by atoms with Gasteiger partial charge in [-0.15, -0.1) is 0 Å². The van der Waals surface area contributed by atoms with E-state index in [9.17, 15) is 0 Å². The van der Waals surface area contributed by atoms with Gasteiger partial charge in [0.05, 0.1) is 11.4 Å². The van der Waals surface area contributed by atoms with E-state index in [1.807, 2.05) is 13.0 Å². The molecule has 0 aliphatic carbocycles. The van der Waals surface area contributed by atoms with Crippen LogP contribution in [-0.2, 0) is 0 Å². The quantitative estimate of drug-likeness (QED) is 0.322. The lowest BCUT2D eigenvalue weighted by atomic mass is 10.1. The summed E-state index contributed by atoms with van der Waals surface area (Å²) in [5.74, 6) is 5.55. The van der Waals surface area contributed by atoms with Gasteiger partial charge in [0.25, 0.3) is 0 Å². The van der Waals surface area contributed by atoms with Gasteiger partial charge in [0.1, 0.15) is 0 Å². The topological polar surface area (TPSA) is 81.3 Å². The number of anilines is 3. The van der Waals surface area contributed by atoms with Crippen LogP contribution in [-0.4, -0.2) is 7.05 Å². The molecule has 66 valence electrons. The van der Waals surface area contributed by atoms with E-state index in [-0.39, 0.29) is 0 Å². The summed E-state index contributed by atoms with van der Waals surface area (Å²) in [4.78, 5) is 0. The predicted octanol–water partition coefficient (Wildman–Crippen LogP) is 0.469. The normalized spacial score (nSPS) is 9.92. The average Bonchev–Trinajstić information content (AvgIpc) is 1.96. The summed E-state index contributed by atoms with van der Waals surface area (Å²) < 4.78 is 0. The van der Waals surface area contributed by atoms with Gasteiger partial charge in [-0.05, 0) is 24.6 Å². The zero-order valence-corrected chi connectivity index (χ0v) is 7.33. The third-order valence-corrected chi connectivity index (χ3v) is 1.80. The van der Waals surface area contributed by atoms with E-state index >= 15 is 0 Å². The van der Waals surface area contributed by atoms with Crippen molar-refractivity contribution >= 4 is 17.1 Å². The van der Waals surface area contributed by atoms with Crippen LogP contribution < -0.4 is 22.3 Å². The van der Waals surface area contributed by atoms with Gasteiger partial charge in [-0.3, -0.25) is 0 Å². The van der Waals surface area contributed by atoms with E-state index in [1.165, 1.54) is 5.01 Å². The van der Waals surface area contributed by atoms with Crippen molar-refractivity contribution in [1.82, 2.24) is 0 Å². The van der Waals surface area contributed by atoms with Crippen molar-refractivity contribution in [2.75, 3.05) is 23.5 Å². The third-order valence-electron chi connectivity index (χ3n) is 1.80. The van der Waals surface area contributed by atoms with Crippen LogP contribution in [0.25, 0.3) is 0 Å². The monoisotopic (exact) mass is 166 g/mol. The Morgan fingerprint density at radius 2 is 1.75 bits per heavy atom. The third kappa shape index (κ3) is 1.43. The highest BCUT2D eigenvalue weighted by atomic mass is 15.4. The smallest absolute Gasteiger partial charge is 0.0747 e. The molecule has 0 saturated carbocycles. The fourth-order valence-electron chi connectivity index (χ4n) is 1.03. The van der Waals surface area contributed by atoms with E-state index < -0.39 is 0 Å². The number of hydrogen-bond donors (Lipinski definition) is 3. The number of benzene rings is 1. The van der Waals surface area contributed by atoms with E-state index in [2.05, 4.69) is 0 Å². The molecule has 1 rings (SSSR count). The van der Waals surface area contributed by atoms with Crippen LogP contribution in [0.5, 0.6) is 0 Å². The van der Waals surface area contributed by atoms with Crippen molar-refractivity contribution in [2.24, 2.45) is 5.84 Å². The Bertz CT molecular complexity index is 293. The molecule has 0 spiro atoms. The molecule has 1 aromatic rings. The highest BCUT2D eigenvalue weighted by Gasteiger charge is 2.04. The molecular weight excluding hydrogens is 152 g/mol. The van der Waals surface area contributed by atoms with Gasteiger partial charge in [-0.1, -0.05) is 0 Å². The van der Waals surface area contributed by atoms with Gasteiger partial charge in [-0.2, -0.15) is 0 Å². The summed E-state index contributed by atoms with van der Waals surface area (Å²) in [6.45, 7) is 1.92. The second-order valence-corrected chi connectivity index (χ2v) is 2.88. The van der Waals surface area contributed by atoms with Crippen LogP contribution in [0.1, 0.15) is 5.56 Å². The summed E-state index contributed by atoms with van der Waals surface area (Å²) in [5, 5.41) is 1.47. The Morgan fingerprint density at radius 1 is 1.17 bits per heavy atom. The van der Waals surface area contributed by atoms with Crippen LogP contribution in [0.15, 0.2) is 12.1 Å². The van der Waals surface area contributed by atoms with E-state index in [4.69, 9.17) is 17.3 Å². The molecule has 0 bridgehead atoms. The lowest BCUT2D eigenvalue weighted by Crippen LogP contribution is -2.26. The number of nitrogen functional groups attached to an aromatic ring is 2. The first-order valence-electron chi connectivity index (χ1n) is 3.66. The molecule has 0 aliphatic rings. The number of hydrazine groups is 1. The zero-order chi connectivity index (χ0) is 9.30.